The minimum absolute atomic E-state index is 0.0228. The van der Waals surface area contributed by atoms with E-state index >= 15 is 4.39 Å². The lowest BCUT2D eigenvalue weighted by Crippen LogP contribution is -2.36. The third kappa shape index (κ3) is 8.36. The molecule has 2 N–H and O–H groups in total. The summed E-state index contributed by atoms with van der Waals surface area (Å²) in [4.78, 5) is 18.3. The summed E-state index contributed by atoms with van der Waals surface area (Å²) >= 11 is 0. The van der Waals surface area contributed by atoms with Crippen molar-refractivity contribution in [2.75, 3.05) is 38.2 Å². The van der Waals surface area contributed by atoms with Gasteiger partial charge in [-0.15, -0.1) is 0 Å². The predicted molar refractivity (Wildman–Crippen MR) is 181 cm³/mol. The molecule has 1 saturated carbocycles. The maximum absolute atomic E-state index is 17.2. The van der Waals surface area contributed by atoms with Crippen LogP contribution in [0.4, 0.5) is 32.3 Å². The molecule has 1 aromatic carbocycles. The fraction of sp³-hybridized carbons (Fsp3) is 0.605. The van der Waals surface area contributed by atoms with Crippen LogP contribution in [-0.4, -0.2) is 69.3 Å². The normalized spacial score (nSPS) is 21.9. The van der Waals surface area contributed by atoms with E-state index in [9.17, 15) is 32.2 Å². The number of aliphatic hydroxyl groups is 2. The molecule has 2 fully saturated rings. The van der Waals surface area contributed by atoms with Crippen molar-refractivity contribution in [1.82, 2.24) is 19.9 Å². The minimum Gasteiger partial charge on any atom is -0.395 e. The van der Waals surface area contributed by atoms with Crippen molar-refractivity contribution in [1.29, 1.82) is 0 Å². The van der Waals surface area contributed by atoms with E-state index in [0.717, 1.165) is 29.8 Å². The molecule has 2 aromatic heterocycles. The molecule has 278 valence electrons. The highest BCUT2D eigenvalue weighted by Crippen LogP contribution is 2.52. The second kappa shape index (κ2) is 14.6. The van der Waals surface area contributed by atoms with Gasteiger partial charge in [-0.25, -0.2) is 23.1 Å². The van der Waals surface area contributed by atoms with Crippen LogP contribution in [0.25, 0.3) is 0 Å². The summed E-state index contributed by atoms with van der Waals surface area (Å²) in [6.45, 7) is 6.32. The number of benzene rings is 1. The van der Waals surface area contributed by atoms with Gasteiger partial charge < -0.3 is 15.1 Å². The summed E-state index contributed by atoms with van der Waals surface area (Å²) in [6, 6.07) is 4.00. The first-order chi connectivity index (χ1) is 24.0. The first-order valence-corrected chi connectivity index (χ1v) is 17.8. The number of piperidine rings is 1. The average Bonchev–Trinajstić information content (AvgIpc) is 3.07. The highest BCUT2D eigenvalue weighted by Gasteiger charge is 2.44. The number of rotatable bonds is 9. The Labute approximate surface area is 295 Å². The van der Waals surface area contributed by atoms with Crippen molar-refractivity contribution >= 4 is 5.95 Å². The first kappa shape index (κ1) is 37.5. The second-order valence-electron chi connectivity index (χ2n) is 15.5. The molecular formula is C38H47F6N5O2. The monoisotopic (exact) mass is 719 g/mol. The Bertz CT molecular complexity index is 1650. The quantitative estimate of drug-likeness (QED) is 0.217. The fourth-order valence-corrected chi connectivity index (χ4v) is 8.22. The van der Waals surface area contributed by atoms with Crippen molar-refractivity contribution in [3.05, 3.63) is 81.4 Å². The molecule has 2 atom stereocenters. The van der Waals surface area contributed by atoms with E-state index in [2.05, 4.69) is 14.9 Å². The number of likely N-dealkylation sites (N-methyl/N-ethyl adjacent to an activating group) is 1. The lowest BCUT2D eigenvalue weighted by Gasteiger charge is -2.41. The topological polar surface area (TPSA) is 85.6 Å². The number of aromatic nitrogens is 3. The molecule has 7 nitrogen and oxygen atoms in total. The summed E-state index contributed by atoms with van der Waals surface area (Å²) in [6.07, 6.45) is -2.40. The van der Waals surface area contributed by atoms with Crippen molar-refractivity contribution in [2.45, 2.75) is 108 Å². The van der Waals surface area contributed by atoms with Crippen LogP contribution in [0.2, 0.25) is 0 Å². The summed E-state index contributed by atoms with van der Waals surface area (Å²) in [5.74, 6) is -2.96. The van der Waals surface area contributed by atoms with Crippen LogP contribution < -0.4 is 4.90 Å². The molecule has 3 heterocycles. The molecular weight excluding hydrogens is 672 g/mol. The van der Waals surface area contributed by atoms with Gasteiger partial charge >= 0.3 is 6.18 Å². The Hall–Kier alpha value is -3.29. The van der Waals surface area contributed by atoms with Gasteiger partial charge in [0, 0.05) is 79.7 Å². The van der Waals surface area contributed by atoms with E-state index in [-0.39, 0.29) is 54.7 Å². The van der Waals surface area contributed by atoms with Gasteiger partial charge in [0.05, 0.1) is 24.0 Å². The summed E-state index contributed by atoms with van der Waals surface area (Å²) in [5.41, 5.74) is 2.12. The summed E-state index contributed by atoms with van der Waals surface area (Å²) in [7, 11) is 1.90. The molecule has 0 bridgehead atoms. The largest absolute Gasteiger partial charge is 0.416 e. The van der Waals surface area contributed by atoms with Crippen LogP contribution >= 0.6 is 0 Å². The lowest BCUT2D eigenvalue weighted by molar-refractivity contribution is -0.137. The van der Waals surface area contributed by atoms with Gasteiger partial charge in [-0.2, -0.15) is 13.2 Å². The molecule has 6 rings (SSSR count). The molecule has 1 saturated heterocycles. The Morgan fingerprint density at radius 2 is 1.59 bits per heavy atom. The summed E-state index contributed by atoms with van der Waals surface area (Å²) in [5, 5.41) is 20.8. The van der Waals surface area contributed by atoms with Crippen molar-refractivity contribution < 1.29 is 36.6 Å². The highest BCUT2D eigenvalue weighted by atomic mass is 19.4. The van der Waals surface area contributed by atoms with Gasteiger partial charge in [-0.05, 0) is 80.2 Å². The van der Waals surface area contributed by atoms with E-state index in [1.54, 1.807) is 12.4 Å². The Morgan fingerprint density at radius 3 is 2.18 bits per heavy atom. The molecule has 0 spiro atoms. The molecule has 3 aromatic rings. The van der Waals surface area contributed by atoms with Gasteiger partial charge in [0.25, 0.3) is 0 Å². The van der Waals surface area contributed by atoms with E-state index in [4.69, 9.17) is 4.98 Å². The zero-order valence-electron chi connectivity index (χ0n) is 29.4. The number of anilines is 1. The van der Waals surface area contributed by atoms with Gasteiger partial charge in [-0.3, -0.25) is 9.88 Å². The number of hydrogen-bond acceptors (Lipinski definition) is 7. The van der Waals surface area contributed by atoms with E-state index < -0.39 is 35.9 Å². The number of aliphatic hydroxyl groups excluding tert-OH is 2. The van der Waals surface area contributed by atoms with Crippen molar-refractivity contribution in [3.8, 4) is 0 Å². The molecule has 0 radical (unpaired) electrons. The smallest absolute Gasteiger partial charge is 0.395 e. The number of pyridine rings is 1. The Balaban J connectivity index is 1.39. The molecule has 2 aliphatic carbocycles. The van der Waals surface area contributed by atoms with Crippen molar-refractivity contribution in [2.24, 2.45) is 5.41 Å². The van der Waals surface area contributed by atoms with Crippen LogP contribution in [0, 0.1) is 5.41 Å². The van der Waals surface area contributed by atoms with Gasteiger partial charge in [0.2, 0.25) is 11.9 Å². The van der Waals surface area contributed by atoms with Crippen LogP contribution in [0.5, 0.6) is 0 Å². The third-order valence-corrected chi connectivity index (χ3v) is 10.8. The maximum Gasteiger partial charge on any atom is 0.416 e. The molecule has 13 heteroatoms. The fourth-order valence-electron chi connectivity index (χ4n) is 8.22. The van der Waals surface area contributed by atoms with E-state index in [0.29, 0.717) is 80.3 Å². The molecule has 1 aliphatic heterocycles. The number of alkyl halides is 6. The second-order valence-corrected chi connectivity index (χ2v) is 15.5. The predicted octanol–water partition coefficient (Wildman–Crippen LogP) is 8.06. The molecule has 51 heavy (non-hydrogen) atoms. The Morgan fingerprint density at radius 1 is 0.961 bits per heavy atom. The van der Waals surface area contributed by atoms with Crippen LogP contribution in [-0.2, 0) is 19.1 Å². The number of fused-ring (bicyclic) bond motifs is 1. The van der Waals surface area contributed by atoms with Crippen molar-refractivity contribution in [3.63, 3.8) is 0 Å². The zero-order chi connectivity index (χ0) is 36.7. The standard InChI is InChI=1S/C38H47F6N5O2/c1-36(2)18-28-31(29(51)19-36)30(24-8-12-37(40,41)13-9-24)32(33(39)25-4-6-27(7-5-25)38(42,43)44)34(47-28)26-10-14-49(15-11-26)35-45-20-23(21-46-35)22-48(3)16-17-50/h4-7,20-21,24,26,29,33,50-51H,8-19,22H2,1-3H3. The average molecular weight is 720 g/mol. The SMILES string of the molecule is CN(CCO)Cc1cnc(N2CCC(c3nc4c(c(C5CCC(F)(F)CC5)c3C(F)c3ccc(C(F)(F)F)cc3)C(O)CC(C)(C)C4)CC2)nc1. The zero-order valence-corrected chi connectivity index (χ0v) is 29.4. The van der Waals surface area contributed by atoms with Crippen LogP contribution in [0.15, 0.2) is 36.7 Å². The molecule has 3 aliphatic rings. The number of hydrogen-bond donors (Lipinski definition) is 2. The number of halogens is 6. The first-order valence-electron chi connectivity index (χ1n) is 17.8. The van der Waals surface area contributed by atoms with Gasteiger partial charge in [-0.1, -0.05) is 26.0 Å². The van der Waals surface area contributed by atoms with E-state index in [1.807, 2.05) is 25.8 Å². The van der Waals surface area contributed by atoms with Gasteiger partial charge in [0.1, 0.15) is 0 Å². The van der Waals surface area contributed by atoms with Crippen LogP contribution in [0.3, 0.4) is 0 Å². The minimum atomic E-state index is -4.59. The molecule has 0 amide bonds. The van der Waals surface area contributed by atoms with Gasteiger partial charge in [0.15, 0.2) is 6.17 Å². The lowest BCUT2D eigenvalue weighted by atomic mass is 9.68. The van der Waals surface area contributed by atoms with Crippen LogP contribution in [0.1, 0.15) is 128 Å². The highest BCUT2D eigenvalue weighted by molar-refractivity contribution is 5.51. The third-order valence-electron chi connectivity index (χ3n) is 10.8. The number of nitrogens with zero attached hydrogens (tertiary/aromatic N) is 5. The van der Waals surface area contributed by atoms with E-state index in [1.165, 1.54) is 0 Å². The Kier molecular flexibility index (Phi) is 10.7. The maximum atomic E-state index is 17.2. The molecule has 2 unspecified atom stereocenters. The summed E-state index contributed by atoms with van der Waals surface area (Å²) < 4.78 is 86.5.